The van der Waals surface area contributed by atoms with Gasteiger partial charge < -0.3 is 15.2 Å². The zero-order chi connectivity index (χ0) is 15.3. The number of carbonyl (C=O) groups excluding carboxylic acids is 1. The zero-order valence-electron chi connectivity index (χ0n) is 13.0. The first kappa shape index (κ1) is 16.5. The minimum absolute atomic E-state index is 0.142. The Labute approximate surface area is 121 Å². The van der Waals surface area contributed by atoms with E-state index in [4.69, 9.17) is 15.2 Å². The third kappa shape index (κ3) is 4.23. The van der Waals surface area contributed by atoms with Gasteiger partial charge in [-0.05, 0) is 23.0 Å². The van der Waals surface area contributed by atoms with Gasteiger partial charge in [0.15, 0.2) is 0 Å². The topological polar surface area (TPSA) is 61.5 Å². The largest absolute Gasteiger partial charge is 0.454 e. The highest BCUT2D eigenvalue weighted by molar-refractivity contribution is 5.71. The number of esters is 1. The van der Waals surface area contributed by atoms with Gasteiger partial charge in [-0.3, -0.25) is 4.79 Å². The van der Waals surface area contributed by atoms with E-state index in [-0.39, 0.29) is 6.54 Å². The Morgan fingerprint density at radius 1 is 1.10 bits per heavy atom. The molecule has 1 aromatic rings. The summed E-state index contributed by atoms with van der Waals surface area (Å²) in [6.07, 6.45) is -0.650. The Morgan fingerprint density at radius 2 is 1.60 bits per heavy atom. The molecule has 4 heteroatoms. The van der Waals surface area contributed by atoms with Gasteiger partial charge in [-0.25, -0.2) is 0 Å². The van der Waals surface area contributed by atoms with Gasteiger partial charge in [0.1, 0.15) is 5.75 Å². The second kappa shape index (κ2) is 7.29. The van der Waals surface area contributed by atoms with Crippen LogP contribution in [-0.4, -0.2) is 18.8 Å². The molecule has 0 aliphatic heterocycles. The summed E-state index contributed by atoms with van der Waals surface area (Å²) in [7, 11) is 0. The number of benzene rings is 1. The smallest absolute Gasteiger partial charge is 0.322 e. The number of carbonyl (C=O) groups is 1. The average molecular weight is 279 g/mol. The number of hydrogen-bond acceptors (Lipinski definition) is 4. The van der Waals surface area contributed by atoms with E-state index in [1.165, 1.54) is 0 Å². The summed E-state index contributed by atoms with van der Waals surface area (Å²) in [6.45, 7) is 10.0. The van der Waals surface area contributed by atoms with E-state index < -0.39 is 12.3 Å². The fraction of sp³-hybridized carbons (Fsp3) is 0.562. The van der Waals surface area contributed by atoms with Gasteiger partial charge in [0, 0.05) is 6.92 Å². The lowest BCUT2D eigenvalue weighted by atomic mass is 9.94. The van der Waals surface area contributed by atoms with Gasteiger partial charge in [-0.15, -0.1) is 0 Å². The molecule has 0 saturated carbocycles. The predicted molar refractivity (Wildman–Crippen MR) is 79.9 cm³/mol. The lowest BCUT2D eigenvalue weighted by Crippen LogP contribution is -2.26. The van der Waals surface area contributed by atoms with Crippen LogP contribution in [0.2, 0.25) is 0 Å². The molecule has 0 fully saturated rings. The van der Waals surface area contributed by atoms with Crippen molar-refractivity contribution in [3.8, 4) is 5.75 Å². The molecule has 0 amide bonds. The van der Waals surface area contributed by atoms with E-state index in [1.54, 1.807) is 6.92 Å². The first-order valence-corrected chi connectivity index (χ1v) is 7.05. The lowest BCUT2D eigenvalue weighted by molar-refractivity contribution is -0.159. The molecule has 1 aromatic carbocycles. The monoisotopic (exact) mass is 279 g/mol. The lowest BCUT2D eigenvalue weighted by Gasteiger charge is -2.23. The second-order valence-corrected chi connectivity index (χ2v) is 5.45. The van der Waals surface area contributed by atoms with Crippen molar-refractivity contribution < 1.29 is 14.3 Å². The van der Waals surface area contributed by atoms with E-state index in [2.05, 4.69) is 27.7 Å². The van der Waals surface area contributed by atoms with Crippen LogP contribution < -0.4 is 10.5 Å². The van der Waals surface area contributed by atoms with Gasteiger partial charge in [0.25, 0.3) is 0 Å². The van der Waals surface area contributed by atoms with E-state index in [0.29, 0.717) is 11.8 Å². The summed E-state index contributed by atoms with van der Waals surface area (Å²) in [6, 6.07) is 6.13. The summed E-state index contributed by atoms with van der Waals surface area (Å²) in [4.78, 5) is 11.2. The summed E-state index contributed by atoms with van der Waals surface area (Å²) in [5.41, 5.74) is 7.47. The molecule has 0 aliphatic carbocycles. The van der Waals surface area contributed by atoms with Crippen molar-refractivity contribution in [1.82, 2.24) is 0 Å². The number of hydrogen-bond donors (Lipinski definition) is 1. The summed E-state index contributed by atoms with van der Waals surface area (Å²) in [5, 5.41) is 0. The van der Waals surface area contributed by atoms with Crippen LogP contribution in [0.15, 0.2) is 18.2 Å². The molecule has 0 saturated heterocycles. The maximum Gasteiger partial charge on any atom is 0.322 e. The summed E-state index contributed by atoms with van der Waals surface area (Å²) in [5.74, 6) is 1.02. The van der Waals surface area contributed by atoms with Crippen LogP contribution >= 0.6 is 0 Å². The molecule has 2 N–H and O–H groups in total. The first-order valence-electron chi connectivity index (χ1n) is 7.05. The third-order valence-corrected chi connectivity index (χ3v) is 3.07. The van der Waals surface area contributed by atoms with Crippen molar-refractivity contribution in [1.29, 1.82) is 0 Å². The van der Waals surface area contributed by atoms with Crippen LogP contribution in [-0.2, 0) is 9.53 Å². The van der Waals surface area contributed by atoms with Gasteiger partial charge in [-0.2, -0.15) is 0 Å². The van der Waals surface area contributed by atoms with Crippen molar-refractivity contribution in [2.45, 2.75) is 52.7 Å². The van der Waals surface area contributed by atoms with Crippen molar-refractivity contribution in [2.75, 3.05) is 6.54 Å². The second-order valence-electron chi connectivity index (χ2n) is 5.45. The van der Waals surface area contributed by atoms with Crippen molar-refractivity contribution >= 4 is 5.97 Å². The molecule has 0 heterocycles. The number of nitrogens with two attached hydrogens (primary N) is 1. The molecule has 0 spiro atoms. The van der Waals surface area contributed by atoms with Crippen LogP contribution in [0, 0.1) is 0 Å². The average Bonchev–Trinajstić information content (AvgIpc) is 2.37. The molecule has 112 valence electrons. The molecule has 1 atom stereocenters. The van der Waals surface area contributed by atoms with Crippen LogP contribution in [0.4, 0.5) is 0 Å². The minimum Gasteiger partial charge on any atom is -0.454 e. The molecule has 20 heavy (non-hydrogen) atoms. The predicted octanol–water partition coefficient (Wildman–Crippen LogP) is 3.16. The van der Waals surface area contributed by atoms with Crippen LogP contribution in [0.25, 0.3) is 0 Å². The summed E-state index contributed by atoms with van der Waals surface area (Å²) < 4.78 is 11.0. The Hall–Kier alpha value is -1.55. The summed E-state index contributed by atoms with van der Waals surface area (Å²) >= 11 is 0. The molecule has 4 nitrogen and oxygen atoms in total. The fourth-order valence-electron chi connectivity index (χ4n) is 2.04. The third-order valence-electron chi connectivity index (χ3n) is 3.07. The van der Waals surface area contributed by atoms with Crippen LogP contribution in [0.3, 0.4) is 0 Å². The van der Waals surface area contributed by atoms with E-state index >= 15 is 0 Å². The molecule has 1 rings (SSSR count). The van der Waals surface area contributed by atoms with Crippen molar-refractivity contribution in [2.24, 2.45) is 5.73 Å². The van der Waals surface area contributed by atoms with Gasteiger partial charge >= 0.3 is 5.97 Å². The van der Waals surface area contributed by atoms with E-state index in [0.717, 1.165) is 16.9 Å². The van der Waals surface area contributed by atoms with Gasteiger partial charge in [0.2, 0.25) is 6.29 Å². The van der Waals surface area contributed by atoms with E-state index in [1.807, 2.05) is 18.2 Å². The number of rotatable bonds is 6. The molecular weight excluding hydrogens is 254 g/mol. The molecular formula is C16H25NO3. The zero-order valence-corrected chi connectivity index (χ0v) is 13.0. The highest BCUT2D eigenvalue weighted by Gasteiger charge is 2.18. The number of para-hydroxylation sites is 1. The maximum atomic E-state index is 11.2. The van der Waals surface area contributed by atoms with E-state index in [9.17, 15) is 4.79 Å². The Balaban J connectivity index is 3.04. The molecule has 0 bridgehead atoms. The number of ether oxygens (including phenoxy) is 2. The Bertz CT molecular complexity index is 429. The Morgan fingerprint density at radius 3 is 2.00 bits per heavy atom. The normalized spacial score (nSPS) is 12.6. The quantitative estimate of drug-likeness (QED) is 0.642. The maximum absolute atomic E-state index is 11.2. The molecule has 0 radical (unpaired) electrons. The SMILES string of the molecule is CC(OC(=O)CN)Oc1c(C(C)C)cccc1C(C)C. The van der Waals surface area contributed by atoms with Gasteiger partial charge in [-0.1, -0.05) is 45.9 Å². The highest BCUT2D eigenvalue weighted by Crippen LogP contribution is 2.35. The highest BCUT2D eigenvalue weighted by atomic mass is 16.7. The van der Waals surface area contributed by atoms with Crippen molar-refractivity contribution in [3.05, 3.63) is 29.3 Å². The molecule has 0 aromatic heterocycles. The Kier molecular flexibility index (Phi) is 6.02. The molecule has 0 aliphatic rings. The van der Waals surface area contributed by atoms with Crippen LogP contribution in [0.1, 0.15) is 57.6 Å². The van der Waals surface area contributed by atoms with Crippen LogP contribution in [0.5, 0.6) is 5.75 Å². The minimum atomic E-state index is -0.650. The first-order chi connectivity index (χ1) is 9.36. The fourth-order valence-corrected chi connectivity index (χ4v) is 2.04. The molecule has 1 unspecified atom stereocenters. The standard InChI is InChI=1S/C16H25NO3/c1-10(2)13-7-6-8-14(11(3)4)16(13)20-12(5)19-15(18)9-17/h6-8,10-12H,9,17H2,1-5H3. The van der Waals surface area contributed by atoms with Crippen molar-refractivity contribution in [3.63, 3.8) is 0 Å². The van der Waals surface area contributed by atoms with Gasteiger partial charge in [0.05, 0.1) is 6.54 Å².